The Balaban J connectivity index is 2.08. The molecule has 0 spiro atoms. The van der Waals surface area contributed by atoms with Crippen LogP contribution in [0.1, 0.15) is 5.56 Å². The summed E-state index contributed by atoms with van der Waals surface area (Å²) < 4.78 is 9.81. The second-order valence-corrected chi connectivity index (χ2v) is 4.26. The molecule has 0 atom stereocenters. The summed E-state index contributed by atoms with van der Waals surface area (Å²) in [7, 11) is 1.34. The van der Waals surface area contributed by atoms with Gasteiger partial charge >= 0.3 is 5.97 Å². The lowest BCUT2D eigenvalue weighted by Crippen LogP contribution is -2.12. The fourth-order valence-corrected chi connectivity index (χ4v) is 1.77. The van der Waals surface area contributed by atoms with Crippen LogP contribution in [0.25, 0.3) is 11.1 Å². The summed E-state index contributed by atoms with van der Waals surface area (Å²) in [4.78, 5) is 11.0. The number of esters is 1. The van der Waals surface area contributed by atoms with E-state index in [0.29, 0.717) is 5.75 Å². The van der Waals surface area contributed by atoms with Gasteiger partial charge in [-0.05, 0) is 30.2 Å². The highest BCUT2D eigenvalue weighted by Gasteiger charge is 2.02. The van der Waals surface area contributed by atoms with E-state index in [1.165, 1.54) is 18.2 Å². The molecule has 2 rings (SSSR count). The number of benzene rings is 2. The Morgan fingerprint density at radius 1 is 1.05 bits per heavy atom. The Labute approximate surface area is 112 Å². The number of hydrogen-bond donors (Lipinski definition) is 0. The molecule has 0 aliphatic heterocycles. The van der Waals surface area contributed by atoms with Crippen molar-refractivity contribution in [1.82, 2.24) is 0 Å². The minimum absolute atomic E-state index is 0.0692. The molecule has 0 amide bonds. The average molecular weight is 256 g/mol. The fourth-order valence-electron chi connectivity index (χ4n) is 1.77. The molecule has 0 aliphatic rings. The van der Waals surface area contributed by atoms with Crippen molar-refractivity contribution in [2.24, 2.45) is 0 Å². The monoisotopic (exact) mass is 256 g/mol. The van der Waals surface area contributed by atoms with Crippen LogP contribution < -0.4 is 4.74 Å². The molecule has 19 heavy (non-hydrogen) atoms. The smallest absolute Gasteiger partial charge is 0.343 e. The van der Waals surface area contributed by atoms with E-state index in [2.05, 4.69) is 29.9 Å². The zero-order chi connectivity index (χ0) is 13.7. The molecule has 0 aromatic heterocycles. The molecule has 2 aromatic carbocycles. The van der Waals surface area contributed by atoms with Crippen molar-refractivity contribution >= 4 is 5.97 Å². The van der Waals surface area contributed by atoms with Gasteiger partial charge in [-0.3, -0.25) is 0 Å². The molecule has 98 valence electrons. The van der Waals surface area contributed by atoms with Gasteiger partial charge in [-0.15, -0.1) is 0 Å². The maximum atomic E-state index is 11.0. The summed E-state index contributed by atoms with van der Waals surface area (Å²) >= 11 is 0. The molecule has 0 bridgehead atoms. The molecule has 0 N–H and O–H groups in total. The third-order valence-corrected chi connectivity index (χ3v) is 2.79. The average Bonchev–Trinajstić information content (AvgIpc) is 2.45. The molecule has 3 nitrogen and oxygen atoms in total. The van der Waals surface area contributed by atoms with Gasteiger partial charge in [0.25, 0.3) is 0 Å². The molecule has 3 heteroatoms. The third-order valence-electron chi connectivity index (χ3n) is 2.79. The van der Waals surface area contributed by atoms with Crippen LogP contribution in [-0.2, 0) is 9.53 Å². The third kappa shape index (κ3) is 3.58. The van der Waals surface area contributed by atoms with Crippen LogP contribution in [0.4, 0.5) is 0 Å². The van der Waals surface area contributed by atoms with Gasteiger partial charge < -0.3 is 9.47 Å². The van der Waals surface area contributed by atoms with E-state index in [-0.39, 0.29) is 12.6 Å². The summed E-state index contributed by atoms with van der Waals surface area (Å²) in [5.41, 5.74) is 3.51. The molecule has 0 heterocycles. The standard InChI is InChI=1S/C16H16O3/c1-12-4-3-5-14(10-12)13-6-8-15(9-7-13)19-11-16(17)18-2/h3-10H,11H2,1-2H3. The number of rotatable bonds is 4. The summed E-state index contributed by atoms with van der Waals surface area (Å²) in [6.07, 6.45) is 0. The SMILES string of the molecule is COC(=O)COc1ccc(-c2cccc(C)c2)cc1. The van der Waals surface area contributed by atoms with Crippen LogP contribution in [0.2, 0.25) is 0 Å². The van der Waals surface area contributed by atoms with E-state index >= 15 is 0 Å². The van der Waals surface area contributed by atoms with Gasteiger partial charge in [0.05, 0.1) is 7.11 Å². The molecule has 0 aliphatic carbocycles. The highest BCUT2D eigenvalue weighted by Crippen LogP contribution is 2.23. The Morgan fingerprint density at radius 3 is 2.42 bits per heavy atom. The number of aryl methyl sites for hydroxylation is 1. The number of carbonyl (C=O) groups excluding carboxylic acids is 1. The summed E-state index contributed by atoms with van der Waals surface area (Å²) in [5, 5.41) is 0. The minimum atomic E-state index is -0.386. The van der Waals surface area contributed by atoms with Crippen LogP contribution in [-0.4, -0.2) is 19.7 Å². The zero-order valence-electron chi connectivity index (χ0n) is 11.1. The van der Waals surface area contributed by atoms with Gasteiger partial charge in [0.1, 0.15) is 5.75 Å². The van der Waals surface area contributed by atoms with E-state index in [1.54, 1.807) is 0 Å². The Hall–Kier alpha value is -2.29. The van der Waals surface area contributed by atoms with Crippen molar-refractivity contribution in [2.45, 2.75) is 6.92 Å². The van der Waals surface area contributed by atoms with E-state index in [4.69, 9.17) is 4.74 Å². The quantitative estimate of drug-likeness (QED) is 0.788. The van der Waals surface area contributed by atoms with Gasteiger partial charge in [0.15, 0.2) is 6.61 Å². The van der Waals surface area contributed by atoms with Crippen molar-refractivity contribution in [3.8, 4) is 16.9 Å². The van der Waals surface area contributed by atoms with E-state index < -0.39 is 0 Å². The Bertz CT molecular complexity index is 558. The van der Waals surface area contributed by atoms with Crippen LogP contribution in [0.5, 0.6) is 5.75 Å². The Morgan fingerprint density at radius 2 is 1.79 bits per heavy atom. The predicted octanol–water partition coefficient (Wildman–Crippen LogP) is 3.21. The molecule has 0 saturated carbocycles. The molecule has 0 saturated heterocycles. The van der Waals surface area contributed by atoms with Crippen LogP contribution in [0.3, 0.4) is 0 Å². The zero-order valence-corrected chi connectivity index (χ0v) is 11.1. The first-order valence-corrected chi connectivity index (χ1v) is 6.06. The van der Waals surface area contributed by atoms with Gasteiger partial charge in [0.2, 0.25) is 0 Å². The van der Waals surface area contributed by atoms with Crippen molar-refractivity contribution in [2.75, 3.05) is 13.7 Å². The lowest BCUT2D eigenvalue weighted by atomic mass is 10.0. The summed E-state index contributed by atoms with van der Waals surface area (Å²) in [6.45, 7) is 2.00. The summed E-state index contributed by atoms with van der Waals surface area (Å²) in [6, 6.07) is 15.9. The van der Waals surface area contributed by atoms with Gasteiger partial charge in [-0.1, -0.05) is 42.0 Å². The fraction of sp³-hybridized carbons (Fsp3) is 0.188. The molecular weight excluding hydrogens is 240 g/mol. The molecule has 2 aromatic rings. The van der Waals surface area contributed by atoms with E-state index in [9.17, 15) is 4.79 Å². The largest absolute Gasteiger partial charge is 0.482 e. The highest BCUT2D eigenvalue weighted by atomic mass is 16.6. The predicted molar refractivity (Wildman–Crippen MR) is 74.1 cm³/mol. The van der Waals surface area contributed by atoms with Crippen molar-refractivity contribution in [1.29, 1.82) is 0 Å². The maximum absolute atomic E-state index is 11.0. The lowest BCUT2D eigenvalue weighted by Gasteiger charge is -2.07. The maximum Gasteiger partial charge on any atom is 0.343 e. The molecule has 0 radical (unpaired) electrons. The normalized spacial score (nSPS) is 10.0. The molecular formula is C16H16O3. The second kappa shape index (κ2) is 6.05. The van der Waals surface area contributed by atoms with Crippen molar-refractivity contribution in [3.05, 3.63) is 54.1 Å². The number of methoxy groups -OCH3 is 1. The number of ether oxygens (including phenoxy) is 2. The topological polar surface area (TPSA) is 35.5 Å². The minimum Gasteiger partial charge on any atom is -0.482 e. The van der Waals surface area contributed by atoms with Crippen LogP contribution in [0.15, 0.2) is 48.5 Å². The summed E-state index contributed by atoms with van der Waals surface area (Å²) in [5.74, 6) is 0.268. The lowest BCUT2D eigenvalue weighted by molar-refractivity contribution is -0.142. The second-order valence-electron chi connectivity index (χ2n) is 4.26. The first-order valence-electron chi connectivity index (χ1n) is 6.06. The van der Waals surface area contributed by atoms with Crippen molar-refractivity contribution in [3.63, 3.8) is 0 Å². The van der Waals surface area contributed by atoms with Crippen molar-refractivity contribution < 1.29 is 14.3 Å². The van der Waals surface area contributed by atoms with E-state index in [1.807, 2.05) is 30.3 Å². The van der Waals surface area contributed by atoms with Crippen LogP contribution >= 0.6 is 0 Å². The van der Waals surface area contributed by atoms with Gasteiger partial charge in [-0.2, -0.15) is 0 Å². The van der Waals surface area contributed by atoms with Crippen LogP contribution in [0, 0.1) is 6.92 Å². The highest BCUT2D eigenvalue weighted by molar-refractivity contribution is 5.71. The molecule has 0 fully saturated rings. The number of carbonyl (C=O) groups is 1. The van der Waals surface area contributed by atoms with Gasteiger partial charge in [-0.25, -0.2) is 4.79 Å². The van der Waals surface area contributed by atoms with Gasteiger partial charge in [0, 0.05) is 0 Å². The molecule has 0 unspecified atom stereocenters. The Kier molecular flexibility index (Phi) is 4.18. The van der Waals surface area contributed by atoms with E-state index in [0.717, 1.165) is 5.56 Å². The first kappa shape index (κ1) is 13.1. The number of hydrogen-bond acceptors (Lipinski definition) is 3. The first-order chi connectivity index (χ1) is 9.19.